The Morgan fingerprint density at radius 1 is 0.933 bits per heavy atom. The summed E-state index contributed by atoms with van der Waals surface area (Å²) in [6, 6.07) is 21.9. The second-order valence-corrected chi connectivity index (χ2v) is 8.31. The minimum absolute atomic E-state index is 0.225. The first-order valence-corrected chi connectivity index (χ1v) is 11.1. The van der Waals surface area contributed by atoms with Crippen LogP contribution in [0.3, 0.4) is 0 Å². The maximum absolute atomic E-state index is 12.9. The Kier molecular flexibility index (Phi) is 6.74. The van der Waals surface area contributed by atoms with Gasteiger partial charge in [-0.1, -0.05) is 24.3 Å². The van der Waals surface area contributed by atoms with E-state index >= 15 is 0 Å². The van der Waals surface area contributed by atoms with Gasteiger partial charge in [0.25, 0.3) is 15.9 Å². The second kappa shape index (κ2) is 9.45. The molecule has 0 aliphatic carbocycles. The summed E-state index contributed by atoms with van der Waals surface area (Å²) in [5.74, 6) is 0.388. The molecule has 1 amide bonds. The SMILES string of the molecule is CCOc1cccc(NC(=O)c2ccc(N(CC)S(=O)(=O)c3ccccc3)cc2)c1. The molecule has 0 bridgehead atoms. The smallest absolute Gasteiger partial charge is 0.264 e. The van der Waals surface area contributed by atoms with Crippen molar-refractivity contribution in [2.45, 2.75) is 18.7 Å². The molecule has 0 saturated carbocycles. The highest BCUT2D eigenvalue weighted by Crippen LogP contribution is 2.24. The topological polar surface area (TPSA) is 75.7 Å². The number of carbonyl (C=O) groups is 1. The third kappa shape index (κ3) is 4.80. The van der Waals surface area contributed by atoms with Crippen LogP contribution in [0, 0.1) is 0 Å². The molecule has 0 aromatic heterocycles. The van der Waals surface area contributed by atoms with E-state index in [1.54, 1.807) is 79.7 Å². The fraction of sp³-hybridized carbons (Fsp3) is 0.174. The van der Waals surface area contributed by atoms with Crippen molar-refractivity contribution in [1.82, 2.24) is 0 Å². The molecule has 0 radical (unpaired) electrons. The van der Waals surface area contributed by atoms with Gasteiger partial charge in [-0.3, -0.25) is 9.10 Å². The Bertz CT molecular complexity index is 1100. The third-order valence-electron chi connectivity index (χ3n) is 4.44. The van der Waals surface area contributed by atoms with E-state index in [9.17, 15) is 13.2 Å². The molecule has 7 heteroatoms. The van der Waals surface area contributed by atoms with Gasteiger partial charge in [-0.2, -0.15) is 0 Å². The first-order chi connectivity index (χ1) is 14.5. The average molecular weight is 425 g/mol. The maximum atomic E-state index is 12.9. The third-order valence-corrected chi connectivity index (χ3v) is 6.36. The van der Waals surface area contributed by atoms with Gasteiger partial charge in [0.15, 0.2) is 0 Å². The summed E-state index contributed by atoms with van der Waals surface area (Å²) >= 11 is 0. The van der Waals surface area contributed by atoms with Crippen LogP contribution in [0.15, 0.2) is 83.8 Å². The van der Waals surface area contributed by atoms with Gasteiger partial charge in [-0.05, 0) is 62.4 Å². The van der Waals surface area contributed by atoms with Crippen LogP contribution in [0.2, 0.25) is 0 Å². The number of amides is 1. The highest BCUT2D eigenvalue weighted by atomic mass is 32.2. The number of nitrogens with zero attached hydrogens (tertiary/aromatic N) is 1. The van der Waals surface area contributed by atoms with Crippen LogP contribution in [0.4, 0.5) is 11.4 Å². The monoisotopic (exact) mass is 424 g/mol. The van der Waals surface area contributed by atoms with Gasteiger partial charge in [0, 0.05) is 23.9 Å². The van der Waals surface area contributed by atoms with Crippen LogP contribution in [-0.4, -0.2) is 27.5 Å². The van der Waals surface area contributed by atoms with E-state index in [1.165, 1.54) is 4.31 Å². The van der Waals surface area contributed by atoms with Crippen LogP contribution < -0.4 is 14.4 Å². The number of nitrogens with one attached hydrogen (secondary N) is 1. The van der Waals surface area contributed by atoms with Crippen LogP contribution >= 0.6 is 0 Å². The Morgan fingerprint density at radius 2 is 1.63 bits per heavy atom. The zero-order valence-corrected chi connectivity index (χ0v) is 17.7. The summed E-state index contributed by atoms with van der Waals surface area (Å²) < 4.78 is 32.6. The number of ether oxygens (including phenoxy) is 1. The van der Waals surface area contributed by atoms with Gasteiger partial charge < -0.3 is 10.1 Å². The molecular formula is C23H24N2O4S. The van der Waals surface area contributed by atoms with E-state index in [2.05, 4.69) is 5.32 Å². The molecule has 0 saturated heterocycles. The van der Waals surface area contributed by atoms with Crippen molar-refractivity contribution in [3.63, 3.8) is 0 Å². The van der Waals surface area contributed by atoms with Gasteiger partial charge in [-0.15, -0.1) is 0 Å². The highest BCUT2D eigenvalue weighted by Gasteiger charge is 2.23. The summed E-state index contributed by atoms with van der Waals surface area (Å²) in [5.41, 5.74) is 1.54. The number of hydrogen-bond acceptors (Lipinski definition) is 4. The summed E-state index contributed by atoms with van der Waals surface area (Å²) in [5, 5.41) is 2.82. The van der Waals surface area contributed by atoms with E-state index in [-0.39, 0.29) is 17.3 Å². The van der Waals surface area contributed by atoms with Gasteiger partial charge in [0.2, 0.25) is 0 Å². The molecule has 0 unspecified atom stereocenters. The van der Waals surface area contributed by atoms with Gasteiger partial charge >= 0.3 is 0 Å². The lowest BCUT2D eigenvalue weighted by Crippen LogP contribution is -2.30. The fourth-order valence-corrected chi connectivity index (χ4v) is 4.52. The number of rotatable bonds is 8. The zero-order chi connectivity index (χ0) is 21.6. The lowest BCUT2D eigenvalue weighted by Gasteiger charge is -2.23. The van der Waals surface area contributed by atoms with Crippen molar-refractivity contribution in [3.05, 3.63) is 84.4 Å². The predicted octanol–water partition coefficient (Wildman–Crippen LogP) is 4.55. The first-order valence-electron chi connectivity index (χ1n) is 9.67. The molecule has 156 valence electrons. The molecule has 0 aliphatic heterocycles. The average Bonchev–Trinajstić information content (AvgIpc) is 2.76. The number of benzene rings is 3. The lowest BCUT2D eigenvalue weighted by molar-refractivity contribution is 0.102. The summed E-state index contributed by atoms with van der Waals surface area (Å²) in [6.45, 7) is 4.47. The number of sulfonamides is 1. The number of carbonyl (C=O) groups excluding carboxylic acids is 1. The maximum Gasteiger partial charge on any atom is 0.264 e. The van der Waals surface area contributed by atoms with Crippen molar-refractivity contribution in [2.24, 2.45) is 0 Å². The Balaban J connectivity index is 1.78. The molecule has 0 aliphatic rings. The molecular weight excluding hydrogens is 400 g/mol. The Morgan fingerprint density at radius 3 is 2.27 bits per heavy atom. The summed E-state index contributed by atoms with van der Waals surface area (Å²) in [4.78, 5) is 12.8. The fourth-order valence-electron chi connectivity index (χ4n) is 3.02. The van der Waals surface area contributed by atoms with Crippen molar-refractivity contribution >= 4 is 27.3 Å². The molecule has 6 nitrogen and oxygen atoms in total. The zero-order valence-electron chi connectivity index (χ0n) is 16.9. The molecule has 0 spiro atoms. The minimum atomic E-state index is -3.68. The van der Waals surface area contributed by atoms with Gasteiger partial charge in [0.1, 0.15) is 5.75 Å². The van der Waals surface area contributed by atoms with Crippen LogP contribution in [-0.2, 0) is 10.0 Å². The molecule has 3 rings (SSSR count). The van der Waals surface area contributed by atoms with Crippen LogP contribution in [0.25, 0.3) is 0 Å². The van der Waals surface area contributed by atoms with Crippen LogP contribution in [0.5, 0.6) is 5.75 Å². The number of hydrogen-bond donors (Lipinski definition) is 1. The minimum Gasteiger partial charge on any atom is -0.494 e. The van der Waals surface area contributed by atoms with Crippen molar-refractivity contribution in [3.8, 4) is 5.75 Å². The normalized spacial score (nSPS) is 11.0. The van der Waals surface area contributed by atoms with Crippen LogP contribution in [0.1, 0.15) is 24.2 Å². The van der Waals surface area contributed by atoms with E-state index in [1.807, 2.05) is 13.0 Å². The first kappa shape index (κ1) is 21.4. The van der Waals surface area contributed by atoms with Crippen molar-refractivity contribution in [2.75, 3.05) is 22.8 Å². The second-order valence-electron chi connectivity index (χ2n) is 6.44. The van der Waals surface area contributed by atoms with E-state index in [0.717, 1.165) is 0 Å². The van der Waals surface area contributed by atoms with Gasteiger partial charge in [0.05, 0.1) is 17.2 Å². The van der Waals surface area contributed by atoms with E-state index in [4.69, 9.17) is 4.74 Å². The van der Waals surface area contributed by atoms with Crippen molar-refractivity contribution < 1.29 is 17.9 Å². The number of anilines is 2. The molecule has 0 heterocycles. The van der Waals surface area contributed by atoms with E-state index < -0.39 is 10.0 Å². The van der Waals surface area contributed by atoms with Gasteiger partial charge in [-0.25, -0.2) is 8.42 Å². The summed E-state index contributed by atoms with van der Waals surface area (Å²) in [6.07, 6.45) is 0. The lowest BCUT2D eigenvalue weighted by atomic mass is 10.2. The molecule has 3 aromatic carbocycles. The molecule has 0 atom stereocenters. The molecule has 0 fully saturated rings. The molecule has 3 aromatic rings. The highest BCUT2D eigenvalue weighted by molar-refractivity contribution is 7.92. The Labute approximate surface area is 177 Å². The Hall–Kier alpha value is -3.32. The standard InChI is InChI=1S/C23H24N2O4S/c1-3-25(30(27,28)22-11-6-5-7-12-22)20-15-13-18(14-16-20)23(26)24-19-9-8-10-21(17-19)29-4-2/h5-17H,3-4H2,1-2H3,(H,24,26). The van der Waals surface area contributed by atoms with Crippen molar-refractivity contribution in [1.29, 1.82) is 0 Å². The quantitative estimate of drug-likeness (QED) is 0.575. The van der Waals surface area contributed by atoms with E-state index in [0.29, 0.717) is 29.3 Å². The largest absolute Gasteiger partial charge is 0.494 e. The predicted molar refractivity (Wildman–Crippen MR) is 119 cm³/mol. The molecule has 30 heavy (non-hydrogen) atoms. The summed E-state index contributed by atoms with van der Waals surface area (Å²) in [7, 11) is -3.68. The molecule has 1 N–H and O–H groups in total.